The molecule has 92 valence electrons. The molecule has 0 aromatic carbocycles. The van der Waals surface area contributed by atoms with Gasteiger partial charge >= 0.3 is 0 Å². The predicted molar refractivity (Wildman–Crippen MR) is 62.8 cm³/mol. The first-order valence-corrected chi connectivity index (χ1v) is 6.78. The van der Waals surface area contributed by atoms with E-state index in [4.69, 9.17) is 0 Å². The number of aliphatic hydroxyl groups excluding tert-OH is 1. The minimum absolute atomic E-state index is 0.0557. The Bertz CT molecular complexity index is 284. The van der Waals surface area contributed by atoms with Crippen molar-refractivity contribution in [3.8, 4) is 0 Å². The molecule has 2 N–H and O–H groups in total. The van der Waals surface area contributed by atoms with Crippen molar-refractivity contribution in [1.29, 1.82) is 0 Å². The molecular formula is C14H24O2. The van der Waals surface area contributed by atoms with Gasteiger partial charge in [-0.2, -0.15) is 0 Å². The molecule has 3 saturated carbocycles. The largest absolute Gasteiger partial charge is 0.393 e. The maximum absolute atomic E-state index is 11.2. The van der Waals surface area contributed by atoms with E-state index in [-0.39, 0.29) is 11.5 Å². The van der Waals surface area contributed by atoms with E-state index in [9.17, 15) is 10.2 Å². The highest BCUT2D eigenvalue weighted by atomic mass is 16.3. The van der Waals surface area contributed by atoms with E-state index >= 15 is 0 Å². The topological polar surface area (TPSA) is 40.5 Å². The van der Waals surface area contributed by atoms with Gasteiger partial charge < -0.3 is 10.2 Å². The van der Waals surface area contributed by atoms with E-state index in [1.807, 2.05) is 0 Å². The Labute approximate surface area is 98.1 Å². The molecule has 0 radical (unpaired) electrons. The van der Waals surface area contributed by atoms with Crippen LogP contribution in [0.2, 0.25) is 0 Å². The monoisotopic (exact) mass is 224 g/mol. The zero-order chi connectivity index (χ0) is 11.7. The summed E-state index contributed by atoms with van der Waals surface area (Å²) in [6.45, 7) is 6.49. The molecule has 4 atom stereocenters. The van der Waals surface area contributed by atoms with Crippen LogP contribution in [-0.4, -0.2) is 21.9 Å². The molecule has 0 amide bonds. The Morgan fingerprint density at radius 1 is 0.938 bits per heavy atom. The van der Waals surface area contributed by atoms with Crippen molar-refractivity contribution in [3.05, 3.63) is 0 Å². The molecule has 3 fully saturated rings. The Hall–Kier alpha value is -0.0800. The number of rotatable bonds is 0. The number of aliphatic hydroxyl groups is 2. The first-order chi connectivity index (χ1) is 7.37. The minimum atomic E-state index is -0.530. The summed E-state index contributed by atoms with van der Waals surface area (Å²) < 4.78 is 0. The highest BCUT2D eigenvalue weighted by molar-refractivity contribution is 5.16. The van der Waals surface area contributed by atoms with Gasteiger partial charge in [-0.05, 0) is 54.8 Å². The van der Waals surface area contributed by atoms with Crippen molar-refractivity contribution < 1.29 is 10.2 Å². The minimum Gasteiger partial charge on any atom is -0.393 e. The van der Waals surface area contributed by atoms with Crippen LogP contribution in [0.25, 0.3) is 0 Å². The van der Waals surface area contributed by atoms with Crippen LogP contribution in [0.3, 0.4) is 0 Å². The van der Waals surface area contributed by atoms with Gasteiger partial charge in [0, 0.05) is 0 Å². The molecule has 2 nitrogen and oxygen atoms in total. The van der Waals surface area contributed by atoms with Crippen LogP contribution in [-0.2, 0) is 0 Å². The average Bonchev–Trinajstić information content (AvgIpc) is 2.53. The molecule has 0 aromatic rings. The molecule has 16 heavy (non-hydrogen) atoms. The smallest absolute Gasteiger partial charge is 0.0758 e. The van der Waals surface area contributed by atoms with E-state index in [0.717, 1.165) is 25.7 Å². The lowest BCUT2D eigenvalue weighted by Gasteiger charge is -2.53. The lowest BCUT2D eigenvalue weighted by Crippen LogP contribution is -2.59. The maximum Gasteiger partial charge on any atom is 0.0758 e. The SMILES string of the molecule is CC(C)(C)C1(O)C2CCC1C1CCC2C1O. The summed E-state index contributed by atoms with van der Waals surface area (Å²) >= 11 is 0. The van der Waals surface area contributed by atoms with Gasteiger partial charge in [-0.1, -0.05) is 20.8 Å². The Morgan fingerprint density at radius 2 is 1.38 bits per heavy atom. The lowest BCUT2D eigenvalue weighted by molar-refractivity contribution is -0.185. The Balaban J connectivity index is 2.06. The van der Waals surface area contributed by atoms with Gasteiger partial charge in [0.2, 0.25) is 0 Å². The second-order valence-corrected chi connectivity index (χ2v) is 7.26. The summed E-state index contributed by atoms with van der Waals surface area (Å²) in [5.41, 5.74) is -0.585. The summed E-state index contributed by atoms with van der Waals surface area (Å²) in [6, 6.07) is 0. The molecule has 3 rings (SSSR count). The van der Waals surface area contributed by atoms with Crippen molar-refractivity contribution in [2.24, 2.45) is 29.1 Å². The quantitative estimate of drug-likeness (QED) is 0.662. The van der Waals surface area contributed by atoms with Crippen molar-refractivity contribution in [1.82, 2.24) is 0 Å². The van der Waals surface area contributed by atoms with Crippen LogP contribution < -0.4 is 0 Å². The standard InChI is InChI=1S/C14H24O2/c1-13(2,3)14(16)10-6-7-11(14)9-5-4-8(10)12(9)15/h8-12,15-16H,4-7H2,1-3H3. The fourth-order valence-corrected chi connectivity index (χ4v) is 5.19. The van der Waals surface area contributed by atoms with Crippen LogP contribution in [0.4, 0.5) is 0 Å². The molecule has 0 heterocycles. The third kappa shape index (κ3) is 1.06. The maximum atomic E-state index is 11.2. The first-order valence-electron chi connectivity index (χ1n) is 6.78. The summed E-state index contributed by atoms with van der Waals surface area (Å²) in [5, 5.41) is 21.5. The number of fused-ring (bicyclic) bond motifs is 6. The molecular weight excluding hydrogens is 200 g/mol. The van der Waals surface area contributed by atoms with Crippen molar-refractivity contribution in [2.45, 2.75) is 58.2 Å². The normalized spacial score (nSPS) is 55.7. The fourth-order valence-electron chi connectivity index (χ4n) is 5.19. The summed E-state index contributed by atoms with van der Waals surface area (Å²) in [6.07, 6.45) is 4.38. The van der Waals surface area contributed by atoms with Crippen molar-refractivity contribution in [3.63, 3.8) is 0 Å². The molecule has 0 aliphatic heterocycles. The molecule has 4 unspecified atom stereocenters. The number of hydrogen-bond donors (Lipinski definition) is 2. The fraction of sp³-hybridized carbons (Fsp3) is 1.00. The second-order valence-electron chi connectivity index (χ2n) is 7.26. The highest BCUT2D eigenvalue weighted by Crippen LogP contribution is 2.65. The molecule has 3 aliphatic carbocycles. The summed E-state index contributed by atoms with van der Waals surface area (Å²) in [4.78, 5) is 0. The van der Waals surface area contributed by atoms with E-state index in [0.29, 0.717) is 23.7 Å². The molecule has 0 aromatic heterocycles. The van der Waals surface area contributed by atoms with E-state index in [1.54, 1.807) is 0 Å². The zero-order valence-corrected chi connectivity index (χ0v) is 10.6. The zero-order valence-electron chi connectivity index (χ0n) is 10.6. The third-order valence-corrected chi connectivity index (χ3v) is 5.87. The molecule has 2 heteroatoms. The van der Waals surface area contributed by atoms with Crippen molar-refractivity contribution in [2.75, 3.05) is 0 Å². The van der Waals surface area contributed by atoms with Crippen LogP contribution in [0.1, 0.15) is 46.5 Å². The van der Waals surface area contributed by atoms with Crippen LogP contribution in [0.15, 0.2) is 0 Å². The van der Waals surface area contributed by atoms with Crippen molar-refractivity contribution >= 4 is 0 Å². The predicted octanol–water partition coefficient (Wildman–Crippen LogP) is 2.19. The average molecular weight is 224 g/mol. The highest BCUT2D eigenvalue weighted by Gasteiger charge is 2.67. The molecule has 0 saturated heterocycles. The van der Waals surface area contributed by atoms with Gasteiger partial charge in [-0.15, -0.1) is 0 Å². The van der Waals surface area contributed by atoms with Crippen LogP contribution in [0, 0.1) is 29.1 Å². The lowest BCUT2D eigenvalue weighted by atomic mass is 9.57. The van der Waals surface area contributed by atoms with Gasteiger partial charge in [0.05, 0.1) is 11.7 Å². The van der Waals surface area contributed by atoms with Crippen LogP contribution >= 0.6 is 0 Å². The first kappa shape index (κ1) is 11.0. The molecule has 4 bridgehead atoms. The van der Waals surface area contributed by atoms with E-state index in [2.05, 4.69) is 20.8 Å². The third-order valence-electron chi connectivity index (χ3n) is 5.87. The van der Waals surface area contributed by atoms with Gasteiger partial charge in [-0.25, -0.2) is 0 Å². The van der Waals surface area contributed by atoms with Gasteiger partial charge in [0.1, 0.15) is 0 Å². The van der Waals surface area contributed by atoms with Crippen LogP contribution in [0.5, 0.6) is 0 Å². The summed E-state index contributed by atoms with van der Waals surface area (Å²) in [7, 11) is 0. The van der Waals surface area contributed by atoms with E-state index < -0.39 is 5.60 Å². The van der Waals surface area contributed by atoms with Gasteiger partial charge in [-0.3, -0.25) is 0 Å². The molecule has 3 aliphatic rings. The van der Waals surface area contributed by atoms with Gasteiger partial charge in [0.15, 0.2) is 0 Å². The Kier molecular flexibility index (Phi) is 2.09. The molecule has 0 spiro atoms. The van der Waals surface area contributed by atoms with Gasteiger partial charge in [0.25, 0.3) is 0 Å². The Morgan fingerprint density at radius 3 is 1.75 bits per heavy atom. The number of hydrogen-bond acceptors (Lipinski definition) is 2. The summed E-state index contributed by atoms with van der Waals surface area (Å²) in [5.74, 6) is 1.42. The second kappa shape index (κ2) is 3.02. The van der Waals surface area contributed by atoms with E-state index in [1.165, 1.54) is 0 Å².